The van der Waals surface area contributed by atoms with E-state index in [4.69, 9.17) is 0 Å². The highest BCUT2D eigenvalue weighted by atomic mass is 32.1. The van der Waals surface area contributed by atoms with Gasteiger partial charge in [0.15, 0.2) is 0 Å². The zero-order valence-corrected chi connectivity index (χ0v) is 12.3. The molecule has 2 heterocycles. The summed E-state index contributed by atoms with van der Waals surface area (Å²) in [5.74, 6) is -0.0753. The number of carbonyl (C=O) groups is 2. The summed E-state index contributed by atoms with van der Waals surface area (Å²) >= 11 is 1.48. The summed E-state index contributed by atoms with van der Waals surface area (Å²) in [6, 6.07) is 3.36. The number of rotatable bonds is 2. The van der Waals surface area contributed by atoms with Gasteiger partial charge < -0.3 is 15.1 Å². The van der Waals surface area contributed by atoms with Crippen molar-refractivity contribution in [2.75, 3.05) is 33.7 Å². The van der Waals surface area contributed by atoms with Gasteiger partial charge in [-0.1, -0.05) is 0 Å². The van der Waals surface area contributed by atoms with Crippen LogP contribution in [0.25, 0.3) is 0 Å². The molecule has 1 saturated heterocycles. The van der Waals surface area contributed by atoms with E-state index in [2.05, 4.69) is 5.32 Å². The molecule has 0 aliphatic carbocycles. The van der Waals surface area contributed by atoms with Crippen LogP contribution in [-0.2, 0) is 4.79 Å². The van der Waals surface area contributed by atoms with Gasteiger partial charge >= 0.3 is 0 Å². The molecule has 19 heavy (non-hydrogen) atoms. The molecule has 6 heteroatoms. The lowest BCUT2D eigenvalue weighted by molar-refractivity contribution is -0.134. The molecule has 1 aromatic rings. The summed E-state index contributed by atoms with van der Waals surface area (Å²) < 4.78 is 0. The summed E-state index contributed by atoms with van der Waals surface area (Å²) in [7, 11) is 3.43. The molecule has 1 aromatic heterocycles. The van der Waals surface area contributed by atoms with Gasteiger partial charge in [0.2, 0.25) is 5.91 Å². The van der Waals surface area contributed by atoms with Crippen LogP contribution in [0.1, 0.15) is 14.5 Å². The van der Waals surface area contributed by atoms with Crippen LogP contribution in [0.3, 0.4) is 0 Å². The second-order valence-corrected chi connectivity index (χ2v) is 6.15. The highest BCUT2D eigenvalue weighted by Crippen LogP contribution is 2.19. The Balaban J connectivity index is 2.20. The van der Waals surface area contributed by atoms with E-state index in [0.29, 0.717) is 18.0 Å². The monoisotopic (exact) mass is 281 g/mol. The lowest BCUT2D eigenvalue weighted by Crippen LogP contribution is -2.59. The highest BCUT2D eigenvalue weighted by Gasteiger charge is 2.33. The molecule has 104 valence electrons. The number of piperazine rings is 1. The van der Waals surface area contributed by atoms with Crippen LogP contribution in [0.5, 0.6) is 0 Å². The van der Waals surface area contributed by atoms with E-state index >= 15 is 0 Å². The third-order valence-corrected chi connectivity index (χ3v) is 4.17. The Morgan fingerprint density at radius 2 is 2.16 bits per heavy atom. The third kappa shape index (κ3) is 2.96. The summed E-state index contributed by atoms with van der Waals surface area (Å²) in [5.41, 5.74) is 0. The molecule has 1 unspecified atom stereocenters. The Morgan fingerprint density at radius 3 is 2.74 bits per heavy atom. The van der Waals surface area contributed by atoms with Gasteiger partial charge in [0, 0.05) is 38.6 Å². The molecule has 0 aromatic carbocycles. The first-order chi connectivity index (χ1) is 9.00. The minimum Gasteiger partial charge on any atom is -0.347 e. The number of thiophene rings is 1. The number of nitrogens with one attached hydrogen (secondary N) is 1. The van der Waals surface area contributed by atoms with Crippen molar-refractivity contribution in [1.82, 2.24) is 15.1 Å². The van der Waals surface area contributed by atoms with Crippen LogP contribution in [0.15, 0.2) is 12.1 Å². The molecule has 0 saturated carbocycles. The minimum absolute atomic E-state index is 0.0335. The number of nitrogens with zero attached hydrogens (tertiary/aromatic N) is 2. The second-order valence-electron chi connectivity index (χ2n) is 4.86. The lowest BCUT2D eigenvalue weighted by Gasteiger charge is -2.36. The van der Waals surface area contributed by atoms with Crippen molar-refractivity contribution in [3.63, 3.8) is 0 Å². The van der Waals surface area contributed by atoms with E-state index in [1.54, 1.807) is 19.0 Å². The summed E-state index contributed by atoms with van der Waals surface area (Å²) in [4.78, 5) is 29.7. The fourth-order valence-electron chi connectivity index (χ4n) is 2.16. The molecule has 5 nitrogen and oxygen atoms in total. The number of likely N-dealkylation sites (N-methyl/N-ethyl adjacent to an activating group) is 1. The summed E-state index contributed by atoms with van der Waals surface area (Å²) in [6.45, 7) is 3.79. The van der Waals surface area contributed by atoms with Gasteiger partial charge in [0.25, 0.3) is 5.91 Å². The van der Waals surface area contributed by atoms with E-state index in [-0.39, 0.29) is 11.8 Å². The smallest absolute Gasteiger partial charge is 0.264 e. The highest BCUT2D eigenvalue weighted by molar-refractivity contribution is 7.13. The largest absolute Gasteiger partial charge is 0.347 e. The van der Waals surface area contributed by atoms with Gasteiger partial charge in [-0.05, 0) is 19.1 Å². The van der Waals surface area contributed by atoms with Gasteiger partial charge in [0.1, 0.15) is 6.04 Å². The van der Waals surface area contributed by atoms with Crippen molar-refractivity contribution in [2.24, 2.45) is 0 Å². The quantitative estimate of drug-likeness (QED) is 0.862. The van der Waals surface area contributed by atoms with Gasteiger partial charge in [-0.25, -0.2) is 0 Å². The summed E-state index contributed by atoms with van der Waals surface area (Å²) in [5, 5.41) is 3.17. The van der Waals surface area contributed by atoms with E-state index in [9.17, 15) is 9.59 Å². The molecule has 1 atom stereocenters. The van der Waals surface area contributed by atoms with E-state index < -0.39 is 6.04 Å². The molecule has 1 aliphatic rings. The van der Waals surface area contributed by atoms with E-state index in [0.717, 1.165) is 11.4 Å². The first-order valence-corrected chi connectivity index (χ1v) is 7.11. The van der Waals surface area contributed by atoms with Crippen molar-refractivity contribution in [3.05, 3.63) is 21.9 Å². The average Bonchev–Trinajstić information content (AvgIpc) is 2.83. The Kier molecular flexibility index (Phi) is 4.21. The molecular weight excluding hydrogens is 262 g/mol. The van der Waals surface area contributed by atoms with Gasteiger partial charge in [0.05, 0.1) is 4.88 Å². The van der Waals surface area contributed by atoms with Crippen LogP contribution in [0.4, 0.5) is 0 Å². The molecule has 2 amide bonds. The van der Waals surface area contributed by atoms with Crippen LogP contribution >= 0.6 is 11.3 Å². The maximum absolute atomic E-state index is 12.5. The van der Waals surface area contributed by atoms with E-state index in [1.807, 2.05) is 19.1 Å². The number of amides is 2. The fourth-order valence-corrected chi connectivity index (χ4v) is 2.98. The van der Waals surface area contributed by atoms with Crippen molar-refractivity contribution in [2.45, 2.75) is 13.0 Å². The maximum atomic E-state index is 12.5. The topological polar surface area (TPSA) is 52.7 Å². The molecule has 0 radical (unpaired) electrons. The molecule has 1 aliphatic heterocycles. The average molecular weight is 281 g/mol. The first kappa shape index (κ1) is 14.0. The van der Waals surface area contributed by atoms with Crippen molar-refractivity contribution in [1.29, 1.82) is 0 Å². The number of hydrogen-bond donors (Lipinski definition) is 1. The Bertz CT molecular complexity index is 484. The zero-order valence-electron chi connectivity index (χ0n) is 11.5. The second kappa shape index (κ2) is 5.71. The van der Waals surface area contributed by atoms with Crippen LogP contribution < -0.4 is 5.32 Å². The maximum Gasteiger partial charge on any atom is 0.264 e. The summed E-state index contributed by atoms with van der Waals surface area (Å²) in [6.07, 6.45) is 0. The number of carbonyl (C=O) groups excluding carboxylic acids is 2. The molecule has 0 spiro atoms. The fraction of sp³-hybridized carbons (Fsp3) is 0.538. The lowest BCUT2D eigenvalue weighted by atomic mass is 10.1. The van der Waals surface area contributed by atoms with Crippen molar-refractivity contribution in [3.8, 4) is 0 Å². The van der Waals surface area contributed by atoms with Crippen molar-refractivity contribution >= 4 is 23.2 Å². The predicted octanol–water partition coefficient (Wildman–Crippen LogP) is 0.559. The minimum atomic E-state index is -0.404. The third-order valence-electron chi connectivity index (χ3n) is 3.18. The van der Waals surface area contributed by atoms with Gasteiger partial charge in [-0.2, -0.15) is 0 Å². The van der Waals surface area contributed by atoms with Crippen molar-refractivity contribution < 1.29 is 9.59 Å². The number of aryl methyl sites for hydroxylation is 1. The number of hydrogen-bond acceptors (Lipinski definition) is 4. The molecular formula is C13H19N3O2S. The van der Waals surface area contributed by atoms with E-state index in [1.165, 1.54) is 16.2 Å². The van der Waals surface area contributed by atoms with Gasteiger partial charge in [-0.15, -0.1) is 11.3 Å². The predicted molar refractivity (Wildman–Crippen MR) is 75.4 cm³/mol. The first-order valence-electron chi connectivity index (χ1n) is 6.30. The normalized spacial score (nSPS) is 19.3. The Hall–Kier alpha value is -1.40. The Morgan fingerprint density at radius 1 is 1.42 bits per heavy atom. The van der Waals surface area contributed by atoms with Crippen LogP contribution in [0, 0.1) is 6.92 Å². The molecule has 1 N–H and O–H groups in total. The zero-order chi connectivity index (χ0) is 14.0. The van der Waals surface area contributed by atoms with Gasteiger partial charge in [-0.3, -0.25) is 9.59 Å². The molecule has 2 rings (SSSR count). The SMILES string of the molecule is Cc1ccc(C(=O)N2CCNCC2C(=O)N(C)C)s1. The van der Waals surface area contributed by atoms with Crippen LogP contribution in [-0.4, -0.2) is 61.4 Å². The molecule has 0 bridgehead atoms. The van der Waals surface area contributed by atoms with Crippen LogP contribution in [0.2, 0.25) is 0 Å². The molecule has 1 fully saturated rings. The standard InChI is InChI=1S/C13H19N3O2S/c1-9-4-5-11(19-9)13(18)16-7-6-14-8-10(16)12(17)15(2)3/h4-5,10,14H,6-8H2,1-3H3. The Labute approximate surface area is 117 Å².